The second kappa shape index (κ2) is 7.88. The zero-order chi connectivity index (χ0) is 17.8. The monoisotopic (exact) mass is 369 g/mol. The molecule has 0 saturated carbocycles. The summed E-state index contributed by atoms with van der Waals surface area (Å²) < 4.78 is 13.0. The molecular weight excluding hydrogens is 349 g/mol. The number of pyridine rings is 1. The van der Waals surface area contributed by atoms with Crippen molar-refractivity contribution in [3.05, 3.63) is 70.7 Å². The molecule has 1 aromatic carbocycles. The molecule has 0 atom stereocenters. The van der Waals surface area contributed by atoms with Crippen LogP contribution in [0.2, 0.25) is 0 Å². The van der Waals surface area contributed by atoms with Gasteiger partial charge in [-0.3, -0.25) is 9.88 Å². The lowest BCUT2D eigenvalue weighted by molar-refractivity contribution is 0.249. The van der Waals surface area contributed by atoms with E-state index in [9.17, 15) is 4.39 Å². The van der Waals surface area contributed by atoms with Crippen LogP contribution < -0.4 is 4.90 Å². The Morgan fingerprint density at radius 2 is 1.62 bits per heavy atom. The summed E-state index contributed by atoms with van der Waals surface area (Å²) in [6, 6.07) is 10.7. The molecule has 1 saturated heterocycles. The van der Waals surface area contributed by atoms with Crippen molar-refractivity contribution in [1.82, 2.24) is 20.1 Å². The molecule has 0 spiro atoms. The first kappa shape index (κ1) is 17.1. The highest BCUT2D eigenvalue weighted by atomic mass is 32.1. The van der Waals surface area contributed by atoms with Crippen LogP contribution in [0.5, 0.6) is 0 Å². The van der Waals surface area contributed by atoms with Crippen molar-refractivity contribution >= 4 is 16.5 Å². The number of nitrogens with zero attached hydrogens (tertiary/aromatic N) is 5. The van der Waals surface area contributed by atoms with E-state index in [2.05, 4.69) is 37.1 Å². The summed E-state index contributed by atoms with van der Waals surface area (Å²) in [5, 5.41) is 10.6. The Morgan fingerprint density at radius 3 is 2.35 bits per heavy atom. The first-order valence-corrected chi connectivity index (χ1v) is 9.51. The van der Waals surface area contributed by atoms with Crippen molar-refractivity contribution in [3.8, 4) is 0 Å². The van der Waals surface area contributed by atoms with Crippen LogP contribution in [0.15, 0.2) is 48.8 Å². The van der Waals surface area contributed by atoms with Crippen molar-refractivity contribution < 1.29 is 4.39 Å². The molecule has 134 valence electrons. The Hall–Kier alpha value is -2.38. The van der Waals surface area contributed by atoms with Gasteiger partial charge in [0.05, 0.1) is 0 Å². The summed E-state index contributed by atoms with van der Waals surface area (Å²) in [6.07, 6.45) is 4.38. The molecule has 7 heteroatoms. The van der Waals surface area contributed by atoms with Gasteiger partial charge in [0, 0.05) is 51.5 Å². The largest absolute Gasteiger partial charge is 0.344 e. The first-order valence-electron chi connectivity index (χ1n) is 8.69. The fourth-order valence-electron chi connectivity index (χ4n) is 3.06. The number of piperazine rings is 1. The lowest BCUT2D eigenvalue weighted by Gasteiger charge is -2.34. The molecule has 0 aliphatic carbocycles. The number of benzene rings is 1. The molecule has 2 aromatic heterocycles. The van der Waals surface area contributed by atoms with Crippen LogP contribution in [-0.4, -0.2) is 46.3 Å². The molecule has 26 heavy (non-hydrogen) atoms. The molecule has 0 radical (unpaired) electrons. The van der Waals surface area contributed by atoms with E-state index in [0.29, 0.717) is 6.42 Å². The Morgan fingerprint density at radius 1 is 0.885 bits per heavy atom. The zero-order valence-corrected chi connectivity index (χ0v) is 15.2. The van der Waals surface area contributed by atoms with E-state index >= 15 is 0 Å². The second-order valence-corrected chi connectivity index (χ2v) is 7.44. The molecule has 1 aliphatic heterocycles. The van der Waals surface area contributed by atoms with E-state index in [4.69, 9.17) is 0 Å². The Kier molecular flexibility index (Phi) is 5.17. The van der Waals surface area contributed by atoms with Gasteiger partial charge in [0.1, 0.15) is 10.8 Å². The number of anilines is 1. The number of rotatable bonds is 5. The van der Waals surface area contributed by atoms with Crippen molar-refractivity contribution in [2.45, 2.75) is 13.0 Å². The third-order valence-electron chi connectivity index (χ3n) is 4.52. The molecule has 0 N–H and O–H groups in total. The summed E-state index contributed by atoms with van der Waals surface area (Å²) in [5.74, 6) is -0.212. The van der Waals surface area contributed by atoms with E-state index < -0.39 is 0 Å². The standard InChI is InChI=1S/C19H20FN5S/c20-17-3-1-15(2-4-17)13-18-22-23-19(26-18)25-11-9-24(10-12-25)14-16-5-7-21-8-6-16/h1-8H,9-14H2. The maximum Gasteiger partial charge on any atom is 0.208 e. The summed E-state index contributed by atoms with van der Waals surface area (Å²) in [6.45, 7) is 4.89. The molecular formula is C19H20FN5S. The third-order valence-corrected chi connectivity index (χ3v) is 5.51. The van der Waals surface area contributed by atoms with Gasteiger partial charge in [0.2, 0.25) is 5.13 Å². The van der Waals surface area contributed by atoms with Crippen molar-refractivity contribution in [1.29, 1.82) is 0 Å². The zero-order valence-electron chi connectivity index (χ0n) is 14.4. The van der Waals surface area contributed by atoms with Gasteiger partial charge >= 0.3 is 0 Å². The fourth-order valence-corrected chi connectivity index (χ4v) is 3.99. The number of hydrogen-bond acceptors (Lipinski definition) is 6. The van der Waals surface area contributed by atoms with Gasteiger partial charge in [-0.25, -0.2) is 4.39 Å². The van der Waals surface area contributed by atoms with Gasteiger partial charge in [0.25, 0.3) is 0 Å². The number of hydrogen-bond donors (Lipinski definition) is 0. The van der Waals surface area contributed by atoms with E-state index in [1.165, 1.54) is 17.7 Å². The normalized spacial score (nSPS) is 15.3. The molecule has 3 aromatic rings. The van der Waals surface area contributed by atoms with Gasteiger partial charge in [-0.1, -0.05) is 23.5 Å². The summed E-state index contributed by atoms with van der Waals surface area (Å²) in [5.41, 5.74) is 2.35. The summed E-state index contributed by atoms with van der Waals surface area (Å²) >= 11 is 1.63. The number of halogens is 1. The summed E-state index contributed by atoms with van der Waals surface area (Å²) in [7, 11) is 0. The Balaban J connectivity index is 1.32. The smallest absolute Gasteiger partial charge is 0.208 e. The highest BCUT2D eigenvalue weighted by Crippen LogP contribution is 2.24. The van der Waals surface area contributed by atoms with E-state index in [0.717, 1.165) is 48.4 Å². The molecule has 5 nitrogen and oxygen atoms in total. The summed E-state index contributed by atoms with van der Waals surface area (Å²) in [4.78, 5) is 8.82. The first-order chi connectivity index (χ1) is 12.8. The molecule has 0 unspecified atom stereocenters. The maximum absolute atomic E-state index is 13.0. The molecule has 0 amide bonds. The van der Waals surface area contributed by atoms with Crippen LogP contribution in [0.4, 0.5) is 9.52 Å². The van der Waals surface area contributed by atoms with Gasteiger partial charge in [-0.05, 0) is 35.4 Å². The fraction of sp³-hybridized carbons (Fsp3) is 0.316. The SMILES string of the molecule is Fc1ccc(Cc2nnc(N3CCN(Cc4ccncc4)CC3)s2)cc1. The minimum absolute atomic E-state index is 0.212. The predicted octanol–water partition coefficient (Wildman–Crippen LogP) is 2.99. The van der Waals surface area contributed by atoms with Crippen LogP contribution in [0.3, 0.4) is 0 Å². The average molecular weight is 369 g/mol. The molecule has 3 heterocycles. The Labute approximate surface area is 156 Å². The van der Waals surface area contributed by atoms with Crippen LogP contribution in [0.25, 0.3) is 0 Å². The van der Waals surface area contributed by atoms with Crippen molar-refractivity contribution in [3.63, 3.8) is 0 Å². The van der Waals surface area contributed by atoms with Crippen LogP contribution in [0, 0.1) is 5.82 Å². The van der Waals surface area contributed by atoms with Crippen LogP contribution in [-0.2, 0) is 13.0 Å². The van der Waals surface area contributed by atoms with Crippen molar-refractivity contribution in [2.24, 2.45) is 0 Å². The van der Waals surface area contributed by atoms with Crippen LogP contribution in [0.1, 0.15) is 16.1 Å². The molecule has 1 aliphatic rings. The average Bonchev–Trinajstić information content (AvgIpc) is 3.14. The third kappa shape index (κ3) is 4.23. The lowest BCUT2D eigenvalue weighted by Crippen LogP contribution is -2.45. The van der Waals surface area contributed by atoms with Gasteiger partial charge in [-0.15, -0.1) is 10.2 Å². The highest BCUT2D eigenvalue weighted by molar-refractivity contribution is 7.15. The minimum atomic E-state index is -0.212. The highest BCUT2D eigenvalue weighted by Gasteiger charge is 2.20. The molecule has 1 fully saturated rings. The number of aromatic nitrogens is 3. The lowest BCUT2D eigenvalue weighted by atomic mass is 10.2. The topological polar surface area (TPSA) is 45.2 Å². The predicted molar refractivity (Wildman–Crippen MR) is 101 cm³/mol. The van der Waals surface area contributed by atoms with E-state index in [1.54, 1.807) is 23.5 Å². The van der Waals surface area contributed by atoms with Crippen LogP contribution >= 0.6 is 11.3 Å². The maximum atomic E-state index is 13.0. The quantitative estimate of drug-likeness (QED) is 0.692. The van der Waals surface area contributed by atoms with E-state index in [1.807, 2.05) is 12.4 Å². The molecule has 0 bridgehead atoms. The second-order valence-electron chi connectivity index (χ2n) is 6.40. The Bertz CT molecular complexity index is 829. The van der Waals surface area contributed by atoms with Crippen molar-refractivity contribution in [2.75, 3.05) is 31.1 Å². The van der Waals surface area contributed by atoms with Gasteiger partial charge in [-0.2, -0.15) is 0 Å². The van der Waals surface area contributed by atoms with E-state index in [-0.39, 0.29) is 5.82 Å². The molecule has 4 rings (SSSR count). The van der Waals surface area contributed by atoms with Gasteiger partial charge < -0.3 is 4.90 Å². The van der Waals surface area contributed by atoms with Gasteiger partial charge in [0.15, 0.2) is 0 Å². The minimum Gasteiger partial charge on any atom is -0.344 e.